The highest BCUT2D eigenvalue weighted by Gasteiger charge is 2.18. The highest BCUT2D eigenvalue weighted by Crippen LogP contribution is 2.27. The van der Waals surface area contributed by atoms with Crippen LogP contribution in [-0.4, -0.2) is 15.8 Å². The maximum absolute atomic E-state index is 12.3. The van der Waals surface area contributed by atoms with Crippen molar-refractivity contribution < 1.29 is 9.72 Å². The van der Waals surface area contributed by atoms with Gasteiger partial charge < -0.3 is 10.6 Å². The Morgan fingerprint density at radius 3 is 2.56 bits per heavy atom. The van der Waals surface area contributed by atoms with E-state index in [1.807, 2.05) is 18.2 Å². The third kappa shape index (κ3) is 4.59. The molecule has 0 saturated carbocycles. The second kappa shape index (κ2) is 8.29. The maximum atomic E-state index is 12.3. The number of nitro benzene ring substituents is 1. The standard InChI is InChI=1S/C19H15ClN4O3/c20-16-4-2-1-3-14(16)12-22-17-6-5-13(11-18(17)24(26)27)19(25)23-15-7-9-21-10-8-15/h1-11,22H,12H2,(H,21,23,25). The van der Waals surface area contributed by atoms with Crippen molar-refractivity contribution in [2.75, 3.05) is 10.6 Å². The summed E-state index contributed by atoms with van der Waals surface area (Å²) < 4.78 is 0. The van der Waals surface area contributed by atoms with Crippen LogP contribution < -0.4 is 10.6 Å². The van der Waals surface area contributed by atoms with E-state index in [-0.39, 0.29) is 11.3 Å². The number of pyridine rings is 1. The minimum absolute atomic E-state index is 0.182. The molecule has 1 aromatic heterocycles. The highest BCUT2D eigenvalue weighted by atomic mass is 35.5. The number of carbonyl (C=O) groups is 1. The van der Waals surface area contributed by atoms with Crippen LogP contribution in [-0.2, 0) is 6.54 Å². The number of nitrogens with zero attached hydrogens (tertiary/aromatic N) is 2. The Bertz CT molecular complexity index is 980. The molecule has 0 saturated heterocycles. The summed E-state index contributed by atoms with van der Waals surface area (Å²) in [5, 5.41) is 17.7. The topological polar surface area (TPSA) is 97.2 Å². The summed E-state index contributed by atoms with van der Waals surface area (Å²) in [6, 6.07) is 14.8. The summed E-state index contributed by atoms with van der Waals surface area (Å²) in [5.74, 6) is -0.443. The molecule has 2 N–H and O–H groups in total. The molecule has 0 aliphatic heterocycles. The fraction of sp³-hybridized carbons (Fsp3) is 0.0526. The van der Waals surface area contributed by atoms with Gasteiger partial charge in [0.05, 0.1) is 4.92 Å². The Kier molecular flexibility index (Phi) is 5.63. The minimum Gasteiger partial charge on any atom is -0.375 e. The number of nitrogens with one attached hydrogen (secondary N) is 2. The first-order valence-corrected chi connectivity index (χ1v) is 8.39. The van der Waals surface area contributed by atoms with Gasteiger partial charge in [0, 0.05) is 41.3 Å². The first kappa shape index (κ1) is 18.3. The van der Waals surface area contributed by atoms with Crippen molar-refractivity contribution in [3.05, 3.63) is 93.3 Å². The van der Waals surface area contributed by atoms with Crippen LogP contribution in [0.15, 0.2) is 67.0 Å². The maximum Gasteiger partial charge on any atom is 0.293 e. The lowest BCUT2D eigenvalue weighted by molar-refractivity contribution is -0.384. The van der Waals surface area contributed by atoms with Gasteiger partial charge in [-0.15, -0.1) is 0 Å². The Morgan fingerprint density at radius 1 is 1.11 bits per heavy atom. The third-order valence-electron chi connectivity index (χ3n) is 3.82. The first-order chi connectivity index (χ1) is 13.0. The molecule has 1 heterocycles. The highest BCUT2D eigenvalue weighted by molar-refractivity contribution is 6.31. The summed E-state index contributed by atoms with van der Waals surface area (Å²) in [5.41, 5.74) is 1.66. The molecule has 3 rings (SSSR count). The Balaban J connectivity index is 1.79. The number of halogens is 1. The SMILES string of the molecule is O=C(Nc1ccncc1)c1ccc(NCc2ccccc2Cl)c([N+](=O)[O-])c1. The van der Waals surface area contributed by atoms with E-state index in [0.717, 1.165) is 5.56 Å². The number of amides is 1. The molecule has 2 aromatic carbocycles. The largest absolute Gasteiger partial charge is 0.375 e. The van der Waals surface area contributed by atoms with Gasteiger partial charge in [0.2, 0.25) is 0 Å². The third-order valence-corrected chi connectivity index (χ3v) is 4.19. The lowest BCUT2D eigenvalue weighted by Gasteiger charge is -2.10. The van der Waals surface area contributed by atoms with E-state index in [4.69, 9.17) is 11.6 Å². The molecule has 1 amide bonds. The monoisotopic (exact) mass is 382 g/mol. The zero-order valence-electron chi connectivity index (χ0n) is 14.1. The zero-order valence-corrected chi connectivity index (χ0v) is 14.8. The molecule has 0 radical (unpaired) electrons. The molecular weight excluding hydrogens is 368 g/mol. The second-order valence-corrected chi connectivity index (χ2v) is 6.03. The molecule has 27 heavy (non-hydrogen) atoms. The molecule has 3 aromatic rings. The molecule has 0 aliphatic rings. The summed E-state index contributed by atoms with van der Waals surface area (Å²) in [4.78, 5) is 27.1. The van der Waals surface area contributed by atoms with Gasteiger partial charge in [0.1, 0.15) is 5.69 Å². The van der Waals surface area contributed by atoms with Gasteiger partial charge in [-0.2, -0.15) is 0 Å². The number of hydrogen-bond acceptors (Lipinski definition) is 5. The fourth-order valence-electron chi connectivity index (χ4n) is 2.44. The van der Waals surface area contributed by atoms with E-state index in [1.54, 1.807) is 30.6 Å². The number of anilines is 2. The lowest BCUT2D eigenvalue weighted by atomic mass is 10.1. The second-order valence-electron chi connectivity index (χ2n) is 5.62. The molecule has 8 heteroatoms. The Morgan fingerprint density at radius 2 is 1.85 bits per heavy atom. The molecular formula is C19H15ClN4O3. The van der Waals surface area contributed by atoms with Gasteiger partial charge in [0.25, 0.3) is 11.6 Å². The number of nitro groups is 1. The van der Waals surface area contributed by atoms with E-state index in [9.17, 15) is 14.9 Å². The van der Waals surface area contributed by atoms with Crippen LogP contribution in [0.2, 0.25) is 5.02 Å². The van der Waals surface area contributed by atoms with Crippen LogP contribution in [0.5, 0.6) is 0 Å². The van der Waals surface area contributed by atoms with Crippen molar-refractivity contribution in [3.63, 3.8) is 0 Å². The van der Waals surface area contributed by atoms with Gasteiger partial charge in [0.15, 0.2) is 0 Å². The summed E-state index contributed by atoms with van der Waals surface area (Å²) in [7, 11) is 0. The molecule has 0 bridgehead atoms. The van der Waals surface area contributed by atoms with E-state index in [1.165, 1.54) is 18.2 Å². The van der Waals surface area contributed by atoms with Crippen LogP contribution in [0.1, 0.15) is 15.9 Å². The molecule has 0 atom stereocenters. The van der Waals surface area contributed by atoms with Crippen LogP contribution in [0.3, 0.4) is 0 Å². The summed E-state index contributed by atoms with van der Waals surface area (Å²) in [6.07, 6.45) is 3.08. The number of carbonyl (C=O) groups excluding carboxylic acids is 1. The molecule has 0 spiro atoms. The number of benzene rings is 2. The van der Waals surface area contributed by atoms with Gasteiger partial charge in [-0.05, 0) is 35.9 Å². The average Bonchev–Trinajstić information content (AvgIpc) is 2.68. The van der Waals surface area contributed by atoms with Crippen molar-refractivity contribution in [3.8, 4) is 0 Å². The van der Waals surface area contributed by atoms with Crippen LogP contribution in [0.25, 0.3) is 0 Å². The molecule has 0 aliphatic carbocycles. The fourth-order valence-corrected chi connectivity index (χ4v) is 2.65. The zero-order chi connectivity index (χ0) is 19.2. The normalized spacial score (nSPS) is 10.3. The average molecular weight is 383 g/mol. The predicted molar refractivity (Wildman–Crippen MR) is 104 cm³/mol. The molecule has 7 nitrogen and oxygen atoms in total. The Hall–Kier alpha value is -3.45. The van der Waals surface area contributed by atoms with Gasteiger partial charge in [-0.1, -0.05) is 29.8 Å². The van der Waals surface area contributed by atoms with Gasteiger partial charge in [-0.3, -0.25) is 19.9 Å². The number of aromatic nitrogens is 1. The summed E-state index contributed by atoms with van der Waals surface area (Å²) >= 11 is 6.11. The van der Waals surface area contributed by atoms with Crippen molar-refractivity contribution in [1.29, 1.82) is 0 Å². The van der Waals surface area contributed by atoms with E-state index < -0.39 is 10.8 Å². The molecule has 0 unspecified atom stereocenters. The molecule has 0 fully saturated rings. The van der Waals surface area contributed by atoms with Crippen molar-refractivity contribution in [1.82, 2.24) is 4.98 Å². The smallest absolute Gasteiger partial charge is 0.293 e. The quantitative estimate of drug-likeness (QED) is 0.483. The van der Waals surface area contributed by atoms with Crippen LogP contribution in [0, 0.1) is 10.1 Å². The van der Waals surface area contributed by atoms with Gasteiger partial charge in [-0.25, -0.2) is 0 Å². The van der Waals surface area contributed by atoms with Crippen molar-refractivity contribution in [2.45, 2.75) is 6.54 Å². The first-order valence-electron chi connectivity index (χ1n) is 8.01. The van der Waals surface area contributed by atoms with E-state index in [0.29, 0.717) is 22.9 Å². The van der Waals surface area contributed by atoms with Crippen molar-refractivity contribution >= 4 is 34.6 Å². The Labute approximate surface area is 160 Å². The lowest BCUT2D eigenvalue weighted by Crippen LogP contribution is -2.13. The van der Waals surface area contributed by atoms with Crippen molar-refractivity contribution in [2.24, 2.45) is 0 Å². The number of hydrogen-bond donors (Lipinski definition) is 2. The molecule has 136 valence electrons. The summed E-state index contributed by atoms with van der Waals surface area (Å²) in [6.45, 7) is 0.322. The van der Waals surface area contributed by atoms with E-state index in [2.05, 4.69) is 15.6 Å². The van der Waals surface area contributed by atoms with E-state index >= 15 is 0 Å². The van der Waals surface area contributed by atoms with Gasteiger partial charge >= 0.3 is 0 Å². The van der Waals surface area contributed by atoms with Crippen LogP contribution in [0.4, 0.5) is 17.1 Å². The van der Waals surface area contributed by atoms with Crippen LogP contribution >= 0.6 is 11.6 Å². The minimum atomic E-state index is -0.530. The number of rotatable bonds is 6. The predicted octanol–water partition coefficient (Wildman–Crippen LogP) is 4.51.